The third-order valence-electron chi connectivity index (χ3n) is 5.18. The minimum absolute atomic E-state index is 0.767. The van der Waals surface area contributed by atoms with Crippen molar-refractivity contribution >= 4 is 5.96 Å². The van der Waals surface area contributed by atoms with Gasteiger partial charge in [0.1, 0.15) is 0 Å². The molecule has 0 amide bonds. The van der Waals surface area contributed by atoms with Crippen molar-refractivity contribution in [1.29, 1.82) is 0 Å². The van der Waals surface area contributed by atoms with Crippen LogP contribution in [-0.4, -0.2) is 79.6 Å². The van der Waals surface area contributed by atoms with Crippen LogP contribution in [0.25, 0.3) is 0 Å². The number of hydrogen-bond acceptors (Lipinski definition) is 3. The van der Waals surface area contributed by atoms with Gasteiger partial charge in [0.15, 0.2) is 5.96 Å². The lowest BCUT2D eigenvalue weighted by atomic mass is 10.00. The fourth-order valence-electron chi connectivity index (χ4n) is 3.31. The van der Waals surface area contributed by atoms with Gasteiger partial charge in [-0.25, -0.2) is 0 Å². The summed E-state index contributed by atoms with van der Waals surface area (Å²) in [5.41, 5.74) is 6.11. The van der Waals surface area contributed by atoms with Crippen LogP contribution in [-0.2, 0) is 0 Å². The van der Waals surface area contributed by atoms with Gasteiger partial charge in [0.2, 0.25) is 0 Å². The average Bonchev–Trinajstić information content (AvgIpc) is 2.55. The highest BCUT2D eigenvalue weighted by Crippen LogP contribution is 2.15. The number of hydrogen-bond donors (Lipinski definition) is 1. The normalized spacial score (nSPS) is 23.2. The number of nitrogens with zero attached hydrogens (tertiary/aromatic N) is 4. The SMILES string of the molecule is CCN1CCN(CCCCN=C(N)N2CCC(C)CC2)CC1. The van der Waals surface area contributed by atoms with Crippen molar-refractivity contribution in [3.63, 3.8) is 0 Å². The van der Waals surface area contributed by atoms with E-state index in [0.29, 0.717) is 0 Å². The lowest BCUT2D eigenvalue weighted by Gasteiger charge is -2.34. The molecule has 2 aliphatic rings. The van der Waals surface area contributed by atoms with Gasteiger partial charge in [-0.15, -0.1) is 0 Å². The van der Waals surface area contributed by atoms with E-state index in [9.17, 15) is 0 Å². The molecule has 0 aromatic rings. The highest BCUT2D eigenvalue weighted by molar-refractivity contribution is 5.78. The van der Waals surface area contributed by atoms with Crippen LogP contribution in [0.15, 0.2) is 4.99 Å². The highest BCUT2D eigenvalue weighted by Gasteiger charge is 2.17. The second-order valence-corrected chi connectivity index (χ2v) is 6.89. The summed E-state index contributed by atoms with van der Waals surface area (Å²) in [6.45, 7) is 14.9. The van der Waals surface area contributed by atoms with Gasteiger partial charge in [0.25, 0.3) is 0 Å². The van der Waals surface area contributed by atoms with E-state index in [-0.39, 0.29) is 0 Å². The number of rotatable bonds is 6. The number of piperazine rings is 1. The molecule has 0 aliphatic carbocycles. The molecule has 5 nitrogen and oxygen atoms in total. The van der Waals surface area contributed by atoms with Gasteiger partial charge >= 0.3 is 0 Å². The zero-order chi connectivity index (χ0) is 15.8. The predicted molar refractivity (Wildman–Crippen MR) is 94.2 cm³/mol. The Hall–Kier alpha value is -0.810. The Balaban J connectivity index is 1.54. The van der Waals surface area contributed by atoms with E-state index in [1.807, 2.05) is 0 Å². The maximum atomic E-state index is 6.11. The van der Waals surface area contributed by atoms with Gasteiger partial charge in [-0.1, -0.05) is 13.8 Å². The first-order valence-corrected chi connectivity index (χ1v) is 9.18. The first kappa shape index (κ1) is 17.5. The highest BCUT2D eigenvalue weighted by atomic mass is 15.3. The number of guanidine groups is 1. The summed E-state index contributed by atoms with van der Waals surface area (Å²) in [7, 11) is 0. The summed E-state index contributed by atoms with van der Waals surface area (Å²) in [4.78, 5) is 11.9. The smallest absolute Gasteiger partial charge is 0.191 e. The summed E-state index contributed by atoms with van der Waals surface area (Å²) >= 11 is 0. The molecule has 5 heteroatoms. The maximum Gasteiger partial charge on any atom is 0.191 e. The molecule has 0 aromatic carbocycles. The quantitative estimate of drug-likeness (QED) is 0.458. The summed E-state index contributed by atoms with van der Waals surface area (Å²) in [5, 5.41) is 0. The standard InChI is InChI=1S/C17H35N5/c1-3-20-12-14-21(15-13-20)9-5-4-8-19-17(18)22-10-6-16(2)7-11-22/h16H,3-15H2,1-2H3,(H2,18,19). The molecule has 0 saturated carbocycles. The van der Waals surface area contributed by atoms with Crippen molar-refractivity contribution in [2.45, 2.75) is 39.5 Å². The fourth-order valence-corrected chi connectivity index (χ4v) is 3.31. The van der Waals surface area contributed by atoms with Gasteiger partial charge in [-0.3, -0.25) is 4.99 Å². The molecular weight excluding hydrogens is 274 g/mol. The summed E-state index contributed by atoms with van der Waals surface area (Å²) in [6.07, 6.45) is 4.89. The van der Waals surface area contributed by atoms with E-state index < -0.39 is 0 Å². The molecule has 0 spiro atoms. The Morgan fingerprint density at radius 3 is 2.27 bits per heavy atom. The maximum absolute atomic E-state index is 6.11. The minimum Gasteiger partial charge on any atom is -0.370 e. The minimum atomic E-state index is 0.767. The molecule has 22 heavy (non-hydrogen) atoms. The van der Waals surface area contributed by atoms with Crippen LogP contribution in [0.2, 0.25) is 0 Å². The van der Waals surface area contributed by atoms with Crippen molar-refractivity contribution in [3.05, 3.63) is 0 Å². The zero-order valence-corrected chi connectivity index (χ0v) is 14.6. The van der Waals surface area contributed by atoms with Crippen LogP contribution in [0.1, 0.15) is 39.5 Å². The van der Waals surface area contributed by atoms with Gasteiger partial charge in [-0.2, -0.15) is 0 Å². The molecule has 0 unspecified atom stereocenters. The molecule has 0 radical (unpaired) electrons. The van der Waals surface area contributed by atoms with Gasteiger partial charge < -0.3 is 20.4 Å². The van der Waals surface area contributed by atoms with Crippen LogP contribution in [0.3, 0.4) is 0 Å². The van der Waals surface area contributed by atoms with Crippen LogP contribution in [0.5, 0.6) is 0 Å². The first-order valence-electron chi connectivity index (χ1n) is 9.18. The van der Waals surface area contributed by atoms with Crippen LogP contribution in [0.4, 0.5) is 0 Å². The molecule has 2 heterocycles. The Kier molecular flexibility index (Phi) is 7.46. The number of piperidine rings is 1. The van der Waals surface area contributed by atoms with E-state index in [4.69, 9.17) is 5.73 Å². The lowest BCUT2D eigenvalue weighted by molar-refractivity contribution is 0.136. The summed E-state index contributed by atoms with van der Waals surface area (Å²) in [6, 6.07) is 0. The van der Waals surface area contributed by atoms with Crippen LogP contribution >= 0.6 is 0 Å². The van der Waals surface area contributed by atoms with Crippen molar-refractivity contribution < 1.29 is 0 Å². The van der Waals surface area contributed by atoms with Gasteiger partial charge in [0.05, 0.1) is 0 Å². The Labute approximate surface area is 136 Å². The average molecular weight is 310 g/mol. The van der Waals surface area contributed by atoms with E-state index in [0.717, 1.165) is 37.9 Å². The molecule has 2 saturated heterocycles. The number of likely N-dealkylation sites (tertiary alicyclic amines) is 1. The van der Waals surface area contributed by atoms with Gasteiger partial charge in [-0.05, 0) is 44.7 Å². The number of aliphatic imine (C=N–C) groups is 1. The Bertz CT molecular complexity index is 328. The molecule has 2 fully saturated rings. The third-order valence-corrected chi connectivity index (χ3v) is 5.18. The Morgan fingerprint density at radius 1 is 1.00 bits per heavy atom. The number of nitrogens with two attached hydrogens (primary N) is 1. The van der Waals surface area contributed by atoms with E-state index >= 15 is 0 Å². The molecule has 2 N–H and O–H groups in total. The molecule has 2 rings (SSSR count). The molecule has 0 aromatic heterocycles. The summed E-state index contributed by atoms with van der Waals surface area (Å²) in [5.74, 6) is 1.61. The number of likely N-dealkylation sites (N-methyl/N-ethyl adjacent to an activating group) is 1. The van der Waals surface area contributed by atoms with E-state index in [1.54, 1.807) is 0 Å². The second kappa shape index (κ2) is 9.36. The molecule has 128 valence electrons. The van der Waals surface area contributed by atoms with E-state index in [1.165, 1.54) is 58.5 Å². The second-order valence-electron chi connectivity index (χ2n) is 6.89. The van der Waals surface area contributed by atoms with Crippen LogP contribution < -0.4 is 5.73 Å². The number of unbranched alkanes of at least 4 members (excludes halogenated alkanes) is 1. The van der Waals surface area contributed by atoms with Crippen LogP contribution in [0, 0.1) is 5.92 Å². The summed E-state index contributed by atoms with van der Waals surface area (Å²) < 4.78 is 0. The fraction of sp³-hybridized carbons (Fsp3) is 0.941. The first-order chi connectivity index (χ1) is 10.7. The predicted octanol–water partition coefficient (Wildman–Crippen LogP) is 1.45. The van der Waals surface area contributed by atoms with Crippen molar-refractivity contribution in [2.75, 3.05) is 58.9 Å². The van der Waals surface area contributed by atoms with Crippen molar-refractivity contribution in [2.24, 2.45) is 16.6 Å². The van der Waals surface area contributed by atoms with Crippen molar-refractivity contribution in [1.82, 2.24) is 14.7 Å². The molecule has 0 atom stereocenters. The molecule has 2 aliphatic heterocycles. The van der Waals surface area contributed by atoms with Crippen molar-refractivity contribution in [3.8, 4) is 0 Å². The molecular formula is C17H35N5. The third kappa shape index (κ3) is 5.76. The largest absolute Gasteiger partial charge is 0.370 e. The molecule has 0 bridgehead atoms. The van der Waals surface area contributed by atoms with E-state index in [2.05, 4.69) is 33.5 Å². The van der Waals surface area contributed by atoms with Gasteiger partial charge in [0, 0.05) is 45.8 Å². The topological polar surface area (TPSA) is 48.1 Å². The Morgan fingerprint density at radius 2 is 1.64 bits per heavy atom. The lowest BCUT2D eigenvalue weighted by Crippen LogP contribution is -2.46. The zero-order valence-electron chi connectivity index (χ0n) is 14.6. The monoisotopic (exact) mass is 309 g/mol.